The fraction of sp³-hybridized carbons (Fsp3) is 0.235. The van der Waals surface area contributed by atoms with Crippen LogP contribution >= 0.6 is 11.6 Å². The molecule has 0 N–H and O–H groups in total. The van der Waals surface area contributed by atoms with Gasteiger partial charge in [0.05, 0.1) is 23.5 Å². The first-order valence-corrected chi connectivity index (χ1v) is 8.02. The van der Waals surface area contributed by atoms with Crippen molar-refractivity contribution in [2.24, 2.45) is 15.4 Å². The van der Waals surface area contributed by atoms with E-state index < -0.39 is 0 Å². The highest BCUT2D eigenvalue weighted by Gasteiger charge is 2.15. The first-order chi connectivity index (χ1) is 11.6. The lowest BCUT2D eigenvalue weighted by Gasteiger charge is -2.09. The minimum Gasteiger partial charge on any atom is -0.258 e. The molecule has 0 fully saturated rings. The Bertz CT molecular complexity index is 981. The number of benzene rings is 1. The third kappa shape index (κ3) is 2.49. The van der Waals surface area contributed by atoms with Crippen LogP contribution in [-0.4, -0.2) is 27.0 Å². The molecule has 0 unspecified atom stereocenters. The van der Waals surface area contributed by atoms with Crippen molar-refractivity contribution in [1.29, 1.82) is 0 Å². The SMILES string of the molecule is Cc1cccc(Cl)c1Cn1nc(C)c2ncc(C3=NN=NC3)cc21. The van der Waals surface area contributed by atoms with E-state index in [0.717, 1.165) is 44.2 Å². The Hall–Kier alpha value is -2.60. The molecule has 120 valence electrons. The van der Waals surface area contributed by atoms with Gasteiger partial charge in [-0.2, -0.15) is 10.2 Å². The average Bonchev–Trinajstić information content (AvgIpc) is 3.20. The van der Waals surface area contributed by atoms with Crippen molar-refractivity contribution < 1.29 is 0 Å². The van der Waals surface area contributed by atoms with E-state index in [-0.39, 0.29) is 0 Å². The van der Waals surface area contributed by atoms with Gasteiger partial charge in [-0.15, -0.1) is 5.10 Å². The van der Waals surface area contributed by atoms with Gasteiger partial charge in [-0.25, -0.2) is 0 Å². The zero-order valence-electron chi connectivity index (χ0n) is 13.4. The summed E-state index contributed by atoms with van der Waals surface area (Å²) in [5.41, 5.74) is 6.69. The number of halogens is 1. The molecule has 4 rings (SSSR count). The van der Waals surface area contributed by atoms with Crippen molar-refractivity contribution in [1.82, 2.24) is 14.8 Å². The van der Waals surface area contributed by atoms with Gasteiger partial charge in [0, 0.05) is 16.8 Å². The van der Waals surface area contributed by atoms with Gasteiger partial charge >= 0.3 is 0 Å². The van der Waals surface area contributed by atoms with E-state index in [0.29, 0.717) is 13.1 Å². The second kappa shape index (κ2) is 5.79. The van der Waals surface area contributed by atoms with Gasteiger partial charge in [0.15, 0.2) is 0 Å². The first-order valence-electron chi connectivity index (χ1n) is 7.64. The molecule has 0 amide bonds. The van der Waals surface area contributed by atoms with Crippen molar-refractivity contribution in [3.8, 4) is 0 Å². The molecule has 6 nitrogen and oxygen atoms in total. The Balaban J connectivity index is 1.81. The van der Waals surface area contributed by atoms with Gasteiger partial charge < -0.3 is 0 Å². The molecule has 1 aromatic carbocycles. The first kappa shape index (κ1) is 15.0. The molecule has 1 aliphatic rings. The molecular formula is C17H15ClN6. The van der Waals surface area contributed by atoms with E-state index in [4.69, 9.17) is 11.6 Å². The number of aryl methyl sites for hydroxylation is 2. The molecule has 1 aliphatic heterocycles. The quantitative estimate of drug-likeness (QED) is 0.726. The van der Waals surface area contributed by atoms with E-state index >= 15 is 0 Å². The molecule has 0 saturated carbocycles. The van der Waals surface area contributed by atoms with Crippen molar-refractivity contribution in [3.63, 3.8) is 0 Å². The third-order valence-electron chi connectivity index (χ3n) is 4.20. The molecule has 7 heteroatoms. The standard InChI is InChI=1S/C17H15ClN6/c1-10-4-3-5-14(18)13(10)9-24-16-6-12(15-8-20-23-21-15)7-19-17(16)11(2)22-24/h3-7H,8-9H2,1-2H3. The summed E-state index contributed by atoms with van der Waals surface area (Å²) in [6, 6.07) is 7.96. The number of fused-ring (bicyclic) bond motifs is 1. The fourth-order valence-electron chi connectivity index (χ4n) is 2.87. The van der Waals surface area contributed by atoms with Crippen LogP contribution in [0.25, 0.3) is 11.0 Å². The predicted octanol–water partition coefficient (Wildman–Crippen LogP) is 3.92. The summed E-state index contributed by atoms with van der Waals surface area (Å²) in [6.45, 7) is 5.11. The normalized spacial score (nSPS) is 13.7. The number of rotatable bonds is 3. The van der Waals surface area contributed by atoms with Crippen molar-refractivity contribution in [2.45, 2.75) is 20.4 Å². The zero-order valence-corrected chi connectivity index (χ0v) is 14.1. The maximum atomic E-state index is 6.37. The van der Waals surface area contributed by atoms with Crippen LogP contribution in [0.2, 0.25) is 5.02 Å². The Morgan fingerprint density at radius 2 is 2.12 bits per heavy atom. The molecule has 0 bridgehead atoms. The zero-order chi connectivity index (χ0) is 16.7. The molecule has 24 heavy (non-hydrogen) atoms. The summed E-state index contributed by atoms with van der Waals surface area (Å²) in [4.78, 5) is 4.55. The Labute approximate surface area is 143 Å². The van der Waals surface area contributed by atoms with Crippen LogP contribution in [0.1, 0.15) is 22.4 Å². The molecule has 3 aromatic rings. The molecule has 0 saturated heterocycles. The second-order valence-corrected chi connectivity index (χ2v) is 6.21. The van der Waals surface area contributed by atoms with Gasteiger partial charge in [0.1, 0.15) is 12.1 Å². The number of hydrogen-bond acceptors (Lipinski definition) is 5. The fourth-order valence-corrected chi connectivity index (χ4v) is 3.15. The van der Waals surface area contributed by atoms with Gasteiger partial charge in [0.25, 0.3) is 0 Å². The average molecular weight is 339 g/mol. The third-order valence-corrected chi connectivity index (χ3v) is 4.56. The summed E-state index contributed by atoms with van der Waals surface area (Å²) in [6.07, 6.45) is 1.80. The van der Waals surface area contributed by atoms with Crippen molar-refractivity contribution in [2.75, 3.05) is 6.54 Å². The van der Waals surface area contributed by atoms with E-state index in [1.54, 1.807) is 6.20 Å². The molecular weight excluding hydrogens is 324 g/mol. The molecule has 0 spiro atoms. The second-order valence-electron chi connectivity index (χ2n) is 5.81. The van der Waals surface area contributed by atoms with E-state index in [1.807, 2.05) is 29.8 Å². The molecule has 2 aromatic heterocycles. The van der Waals surface area contributed by atoms with Gasteiger partial charge in [-0.1, -0.05) is 23.7 Å². The highest BCUT2D eigenvalue weighted by atomic mass is 35.5. The van der Waals surface area contributed by atoms with Crippen molar-refractivity contribution in [3.05, 3.63) is 57.9 Å². The van der Waals surface area contributed by atoms with Crippen LogP contribution in [0, 0.1) is 13.8 Å². The van der Waals surface area contributed by atoms with E-state index in [9.17, 15) is 0 Å². The summed E-state index contributed by atoms with van der Waals surface area (Å²) < 4.78 is 1.94. The minimum atomic E-state index is 0.490. The van der Waals surface area contributed by atoms with Gasteiger partial charge in [-0.3, -0.25) is 9.67 Å². The topological polar surface area (TPSA) is 67.8 Å². The maximum Gasteiger partial charge on any atom is 0.111 e. The Kier molecular flexibility index (Phi) is 3.61. The Morgan fingerprint density at radius 1 is 1.25 bits per heavy atom. The molecule has 0 radical (unpaired) electrons. The van der Waals surface area contributed by atoms with Crippen LogP contribution < -0.4 is 0 Å². The largest absolute Gasteiger partial charge is 0.258 e. The lowest BCUT2D eigenvalue weighted by molar-refractivity contribution is 0.700. The predicted molar refractivity (Wildman–Crippen MR) is 93.8 cm³/mol. The number of nitrogens with zero attached hydrogens (tertiary/aromatic N) is 6. The minimum absolute atomic E-state index is 0.490. The van der Waals surface area contributed by atoms with Crippen LogP contribution in [0.5, 0.6) is 0 Å². The highest BCUT2D eigenvalue weighted by molar-refractivity contribution is 6.31. The monoisotopic (exact) mass is 338 g/mol. The lowest BCUT2D eigenvalue weighted by atomic mass is 10.1. The van der Waals surface area contributed by atoms with E-state index in [2.05, 4.69) is 38.5 Å². The van der Waals surface area contributed by atoms with Crippen molar-refractivity contribution >= 4 is 28.3 Å². The smallest absolute Gasteiger partial charge is 0.111 e. The molecule has 3 heterocycles. The van der Waals surface area contributed by atoms with Crippen LogP contribution in [-0.2, 0) is 6.54 Å². The van der Waals surface area contributed by atoms with Crippen LogP contribution in [0.4, 0.5) is 0 Å². The van der Waals surface area contributed by atoms with Crippen LogP contribution in [0.3, 0.4) is 0 Å². The Morgan fingerprint density at radius 3 is 2.88 bits per heavy atom. The highest BCUT2D eigenvalue weighted by Crippen LogP contribution is 2.24. The number of aromatic nitrogens is 3. The summed E-state index contributed by atoms with van der Waals surface area (Å²) in [7, 11) is 0. The van der Waals surface area contributed by atoms with Gasteiger partial charge in [0.2, 0.25) is 0 Å². The van der Waals surface area contributed by atoms with E-state index in [1.165, 1.54) is 0 Å². The summed E-state index contributed by atoms with van der Waals surface area (Å²) >= 11 is 6.37. The summed E-state index contributed by atoms with van der Waals surface area (Å²) in [5.74, 6) is 0. The number of pyridine rings is 1. The molecule has 0 atom stereocenters. The lowest BCUT2D eigenvalue weighted by Crippen LogP contribution is -2.06. The van der Waals surface area contributed by atoms with Crippen LogP contribution in [0.15, 0.2) is 45.9 Å². The molecule has 0 aliphatic carbocycles. The summed E-state index contributed by atoms with van der Waals surface area (Å²) in [5, 5.41) is 17.0. The maximum absolute atomic E-state index is 6.37. The van der Waals surface area contributed by atoms with Gasteiger partial charge in [-0.05, 0) is 42.3 Å². The number of hydrogen-bond donors (Lipinski definition) is 0.